The molecule has 0 spiro atoms. The van der Waals surface area contributed by atoms with Crippen molar-refractivity contribution in [2.75, 3.05) is 0 Å². The molecule has 3 rings (SSSR count). The van der Waals surface area contributed by atoms with Gasteiger partial charge in [0.05, 0.1) is 6.04 Å². The highest BCUT2D eigenvalue weighted by Crippen LogP contribution is 2.26. The summed E-state index contributed by atoms with van der Waals surface area (Å²) in [5.41, 5.74) is 4.26. The first-order chi connectivity index (χ1) is 14.4. The molecule has 2 amide bonds. The molecule has 0 aliphatic heterocycles. The second kappa shape index (κ2) is 9.33. The predicted octanol–water partition coefficient (Wildman–Crippen LogP) is 4.74. The number of hydrogen-bond donors (Lipinski definition) is 3. The van der Waals surface area contributed by atoms with E-state index in [9.17, 15) is 14.0 Å². The zero-order valence-electron chi connectivity index (χ0n) is 16.7. The highest BCUT2D eigenvalue weighted by atomic mass is 19.1. The topological polar surface area (TPSA) is 78.4 Å². The number of halogens is 1. The number of nitrogens with one attached hydrogen (secondary N) is 2. The van der Waals surface area contributed by atoms with Crippen molar-refractivity contribution in [2.24, 2.45) is 5.92 Å². The molecular weight excluding hydrogens is 383 g/mol. The molecule has 0 fully saturated rings. The van der Waals surface area contributed by atoms with Crippen molar-refractivity contribution >= 4 is 11.8 Å². The Bertz CT molecular complexity index is 1030. The molecule has 6 heteroatoms. The number of carbonyl (C=O) groups is 2. The second-order valence-electron chi connectivity index (χ2n) is 7.32. The third-order valence-corrected chi connectivity index (χ3v) is 4.91. The molecule has 3 aromatic carbocycles. The summed E-state index contributed by atoms with van der Waals surface area (Å²) in [5.74, 6) is -1.84. The number of benzene rings is 3. The molecule has 0 aliphatic rings. The van der Waals surface area contributed by atoms with E-state index < -0.39 is 17.8 Å². The van der Waals surface area contributed by atoms with Gasteiger partial charge >= 0.3 is 0 Å². The summed E-state index contributed by atoms with van der Waals surface area (Å²) in [7, 11) is 0. The van der Waals surface area contributed by atoms with E-state index in [1.54, 1.807) is 12.1 Å². The highest BCUT2D eigenvalue weighted by molar-refractivity contribution is 5.95. The van der Waals surface area contributed by atoms with E-state index in [0.29, 0.717) is 5.56 Å². The van der Waals surface area contributed by atoms with Crippen LogP contribution in [0.2, 0.25) is 0 Å². The molecule has 30 heavy (non-hydrogen) atoms. The van der Waals surface area contributed by atoms with Gasteiger partial charge in [-0.25, -0.2) is 9.87 Å². The first-order valence-electron chi connectivity index (χ1n) is 9.61. The van der Waals surface area contributed by atoms with Crippen molar-refractivity contribution in [3.05, 3.63) is 95.3 Å². The molecule has 0 saturated heterocycles. The van der Waals surface area contributed by atoms with Crippen LogP contribution in [0.25, 0.3) is 11.1 Å². The lowest BCUT2D eigenvalue weighted by atomic mass is 9.94. The number of carbonyl (C=O) groups excluding carboxylic acids is 2. The van der Waals surface area contributed by atoms with E-state index in [1.165, 1.54) is 17.6 Å². The van der Waals surface area contributed by atoms with E-state index in [-0.39, 0.29) is 23.0 Å². The Labute approximate surface area is 174 Å². The fraction of sp³-hybridized carbons (Fsp3) is 0.167. The van der Waals surface area contributed by atoms with Gasteiger partial charge in [-0.2, -0.15) is 0 Å². The molecule has 3 aromatic rings. The minimum atomic E-state index is -0.802. The lowest BCUT2D eigenvalue weighted by molar-refractivity contribution is 0.0705. The van der Waals surface area contributed by atoms with E-state index >= 15 is 0 Å². The van der Waals surface area contributed by atoms with E-state index in [2.05, 4.69) is 5.32 Å². The lowest BCUT2D eigenvalue weighted by Gasteiger charge is -2.24. The van der Waals surface area contributed by atoms with E-state index in [1.807, 2.05) is 56.3 Å². The van der Waals surface area contributed by atoms with E-state index in [0.717, 1.165) is 17.2 Å². The largest absolute Gasteiger partial charge is 0.345 e. The standard InChI is InChI=1S/C24H23FN2O3/c1-15(2)22(20-13-12-19(14-21(20)25)24(29)27-30)26-23(28)18-10-8-17(9-11-18)16-6-4-3-5-7-16/h3-15,22,30H,1-2H3,(H,26,28)(H,27,29)/t22-/m1/s1. The molecular formula is C24H23FN2O3. The smallest absolute Gasteiger partial charge is 0.274 e. The first-order valence-corrected chi connectivity index (χ1v) is 9.61. The minimum Gasteiger partial charge on any atom is -0.345 e. The average molecular weight is 406 g/mol. The molecule has 0 aromatic heterocycles. The summed E-state index contributed by atoms with van der Waals surface area (Å²) in [4.78, 5) is 24.3. The monoisotopic (exact) mass is 406 g/mol. The number of hydrogen-bond acceptors (Lipinski definition) is 3. The van der Waals surface area contributed by atoms with Crippen molar-refractivity contribution in [3.63, 3.8) is 0 Å². The molecule has 1 atom stereocenters. The van der Waals surface area contributed by atoms with Crippen LogP contribution in [0, 0.1) is 11.7 Å². The van der Waals surface area contributed by atoms with Crippen molar-refractivity contribution in [1.82, 2.24) is 10.8 Å². The van der Waals surface area contributed by atoms with Gasteiger partial charge in [0.1, 0.15) is 5.82 Å². The van der Waals surface area contributed by atoms with Gasteiger partial charge in [-0.1, -0.05) is 62.4 Å². The van der Waals surface area contributed by atoms with Gasteiger partial charge in [0.2, 0.25) is 0 Å². The fourth-order valence-corrected chi connectivity index (χ4v) is 3.26. The molecule has 0 heterocycles. The number of hydroxylamine groups is 1. The molecule has 0 aliphatic carbocycles. The van der Waals surface area contributed by atoms with Crippen LogP contribution in [0.1, 0.15) is 46.2 Å². The normalized spacial score (nSPS) is 11.8. The fourth-order valence-electron chi connectivity index (χ4n) is 3.26. The lowest BCUT2D eigenvalue weighted by Crippen LogP contribution is -2.32. The van der Waals surface area contributed by atoms with Crippen LogP contribution >= 0.6 is 0 Å². The molecule has 154 valence electrons. The number of rotatable bonds is 6. The minimum absolute atomic E-state index is 0.0101. The Balaban J connectivity index is 1.80. The van der Waals surface area contributed by atoms with Gasteiger partial charge in [-0.05, 0) is 41.3 Å². The Kier molecular flexibility index (Phi) is 6.59. The summed E-state index contributed by atoms with van der Waals surface area (Å²) in [6, 6.07) is 20.4. The van der Waals surface area contributed by atoms with Crippen LogP contribution in [-0.4, -0.2) is 17.0 Å². The Morgan fingerprint density at radius 2 is 1.43 bits per heavy atom. The van der Waals surface area contributed by atoms with Crippen molar-refractivity contribution < 1.29 is 19.2 Å². The van der Waals surface area contributed by atoms with Crippen molar-refractivity contribution in [3.8, 4) is 11.1 Å². The Hall–Kier alpha value is -3.51. The van der Waals surface area contributed by atoms with Gasteiger partial charge in [0.25, 0.3) is 11.8 Å². The van der Waals surface area contributed by atoms with Crippen LogP contribution in [0.15, 0.2) is 72.8 Å². The Morgan fingerprint density at radius 3 is 2.00 bits per heavy atom. The first kappa shape index (κ1) is 21.2. The van der Waals surface area contributed by atoms with Crippen LogP contribution in [-0.2, 0) is 0 Å². The highest BCUT2D eigenvalue weighted by Gasteiger charge is 2.23. The predicted molar refractivity (Wildman–Crippen MR) is 113 cm³/mol. The third kappa shape index (κ3) is 4.72. The molecule has 0 bridgehead atoms. The molecule has 0 radical (unpaired) electrons. The maximum Gasteiger partial charge on any atom is 0.274 e. The van der Waals surface area contributed by atoms with Gasteiger partial charge in [0.15, 0.2) is 0 Å². The van der Waals surface area contributed by atoms with Gasteiger partial charge in [-0.3, -0.25) is 14.8 Å². The number of amides is 2. The molecule has 5 nitrogen and oxygen atoms in total. The van der Waals surface area contributed by atoms with Crippen LogP contribution in [0.5, 0.6) is 0 Å². The second-order valence-corrected chi connectivity index (χ2v) is 7.32. The SMILES string of the molecule is CC(C)[C@@H](NC(=O)c1ccc(-c2ccccc2)cc1)c1ccc(C(=O)NO)cc1F. The van der Waals surface area contributed by atoms with Crippen LogP contribution < -0.4 is 10.8 Å². The van der Waals surface area contributed by atoms with Gasteiger partial charge < -0.3 is 5.32 Å². The maximum absolute atomic E-state index is 14.6. The zero-order chi connectivity index (χ0) is 21.7. The Morgan fingerprint density at radius 1 is 0.833 bits per heavy atom. The van der Waals surface area contributed by atoms with Gasteiger partial charge in [-0.15, -0.1) is 0 Å². The molecule has 3 N–H and O–H groups in total. The maximum atomic E-state index is 14.6. The summed E-state index contributed by atoms with van der Waals surface area (Å²) in [5, 5.41) is 11.6. The quantitative estimate of drug-likeness (QED) is 0.409. The molecule has 0 saturated carbocycles. The summed E-state index contributed by atoms with van der Waals surface area (Å²) >= 11 is 0. The summed E-state index contributed by atoms with van der Waals surface area (Å²) in [6.45, 7) is 3.74. The average Bonchev–Trinajstić information content (AvgIpc) is 2.77. The van der Waals surface area contributed by atoms with Crippen LogP contribution in [0.4, 0.5) is 4.39 Å². The third-order valence-electron chi connectivity index (χ3n) is 4.91. The van der Waals surface area contributed by atoms with Crippen LogP contribution in [0.3, 0.4) is 0 Å². The van der Waals surface area contributed by atoms with E-state index in [4.69, 9.17) is 5.21 Å². The van der Waals surface area contributed by atoms with Gasteiger partial charge in [0, 0.05) is 16.7 Å². The molecule has 0 unspecified atom stereocenters. The van der Waals surface area contributed by atoms with Crippen molar-refractivity contribution in [2.45, 2.75) is 19.9 Å². The van der Waals surface area contributed by atoms with Crippen molar-refractivity contribution in [1.29, 1.82) is 0 Å². The summed E-state index contributed by atoms with van der Waals surface area (Å²) in [6.07, 6.45) is 0. The zero-order valence-corrected chi connectivity index (χ0v) is 16.7. The summed E-state index contributed by atoms with van der Waals surface area (Å²) < 4.78 is 14.6.